The third kappa shape index (κ3) is 5.93. The normalized spacial score (nSPS) is 11.6. The highest BCUT2D eigenvalue weighted by atomic mass is 16.5. The summed E-state index contributed by atoms with van der Waals surface area (Å²) in [5.74, 6) is 0.755. The maximum Gasteiger partial charge on any atom is 0.407 e. The topological polar surface area (TPSA) is 67.8 Å². The molecule has 0 saturated carbocycles. The number of para-hydroxylation sites is 1. The molecular weight excluding hydrogens is 306 g/mol. The van der Waals surface area contributed by atoms with Crippen LogP contribution in [0.5, 0.6) is 5.75 Å². The van der Waals surface area contributed by atoms with E-state index in [0.29, 0.717) is 13.0 Å². The quantitative estimate of drug-likeness (QED) is 0.781. The number of aliphatic hydroxyl groups excluding tert-OH is 1. The fraction of sp³-hybridized carbons (Fsp3) is 0.316. The van der Waals surface area contributed by atoms with Crippen LogP contribution in [0.2, 0.25) is 0 Å². The predicted molar refractivity (Wildman–Crippen MR) is 92.0 cm³/mol. The SMILES string of the molecule is CCOc1ccccc1CC(O)CNC(=O)OCc1ccccc1. The molecule has 2 aromatic rings. The average Bonchev–Trinajstić information content (AvgIpc) is 2.61. The molecule has 2 N–H and O–H groups in total. The Morgan fingerprint density at radius 1 is 1.12 bits per heavy atom. The summed E-state index contributed by atoms with van der Waals surface area (Å²) in [7, 11) is 0. The van der Waals surface area contributed by atoms with Crippen molar-refractivity contribution in [3.63, 3.8) is 0 Å². The van der Waals surface area contributed by atoms with Crippen LogP contribution in [0.15, 0.2) is 54.6 Å². The Labute approximate surface area is 142 Å². The first-order valence-electron chi connectivity index (χ1n) is 8.02. The molecule has 0 heterocycles. The second kappa shape index (κ2) is 9.57. The van der Waals surface area contributed by atoms with Crippen LogP contribution >= 0.6 is 0 Å². The van der Waals surface area contributed by atoms with Crippen molar-refractivity contribution in [2.24, 2.45) is 0 Å². The van der Waals surface area contributed by atoms with E-state index in [1.165, 1.54) is 0 Å². The minimum atomic E-state index is -0.712. The number of benzene rings is 2. The number of carbonyl (C=O) groups is 1. The Hall–Kier alpha value is -2.53. The van der Waals surface area contributed by atoms with Crippen LogP contribution < -0.4 is 10.1 Å². The van der Waals surface area contributed by atoms with Gasteiger partial charge in [-0.25, -0.2) is 4.79 Å². The lowest BCUT2D eigenvalue weighted by atomic mass is 10.1. The zero-order chi connectivity index (χ0) is 17.2. The molecule has 0 aromatic heterocycles. The van der Waals surface area contributed by atoms with Crippen LogP contribution in [0.4, 0.5) is 4.79 Å². The number of hydrogen-bond acceptors (Lipinski definition) is 4. The van der Waals surface area contributed by atoms with Crippen molar-refractivity contribution in [1.29, 1.82) is 0 Å². The second-order valence-electron chi connectivity index (χ2n) is 5.34. The van der Waals surface area contributed by atoms with Gasteiger partial charge in [-0.3, -0.25) is 0 Å². The molecule has 0 aliphatic heterocycles. The molecule has 5 nitrogen and oxygen atoms in total. The van der Waals surface area contributed by atoms with Crippen molar-refractivity contribution in [2.45, 2.75) is 26.1 Å². The largest absolute Gasteiger partial charge is 0.494 e. The fourth-order valence-electron chi connectivity index (χ4n) is 2.27. The number of alkyl carbamates (subject to hydrolysis) is 1. The molecule has 128 valence electrons. The van der Waals surface area contributed by atoms with Gasteiger partial charge in [0.1, 0.15) is 12.4 Å². The van der Waals surface area contributed by atoms with E-state index >= 15 is 0 Å². The monoisotopic (exact) mass is 329 g/mol. The molecule has 0 spiro atoms. The highest BCUT2D eigenvalue weighted by molar-refractivity contribution is 5.67. The van der Waals surface area contributed by atoms with Crippen LogP contribution in [0, 0.1) is 0 Å². The van der Waals surface area contributed by atoms with Gasteiger partial charge in [0, 0.05) is 13.0 Å². The van der Waals surface area contributed by atoms with E-state index in [0.717, 1.165) is 16.9 Å². The standard InChI is InChI=1S/C19H23NO4/c1-2-23-18-11-7-6-10-16(18)12-17(21)13-20-19(22)24-14-15-8-4-3-5-9-15/h3-11,17,21H,2,12-14H2,1H3,(H,20,22). The number of carbonyl (C=O) groups excluding carboxylic acids is 1. The fourth-order valence-corrected chi connectivity index (χ4v) is 2.27. The number of rotatable bonds is 8. The summed E-state index contributed by atoms with van der Waals surface area (Å²) in [4.78, 5) is 11.7. The first-order chi connectivity index (χ1) is 11.7. The smallest absolute Gasteiger partial charge is 0.407 e. The van der Waals surface area contributed by atoms with E-state index < -0.39 is 12.2 Å². The molecule has 2 rings (SSSR count). The van der Waals surface area contributed by atoms with Crippen LogP contribution in [-0.4, -0.2) is 30.5 Å². The zero-order valence-corrected chi connectivity index (χ0v) is 13.8. The van der Waals surface area contributed by atoms with E-state index in [1.54, 1.807) is 0 Å². The van der Waals surface area contributed by atoms with Gasteiger partial charge >= 0.3 is 6.09 Å². The first kappa shape index (κ1) is 17.8. The van der Waals surface area contributed by atoms with Gasteiger partial charge in [-0.1, -0.05) is 48.5 Å². The summed E-state index contributed by atoms with van der Waals surface area (Å²) in [6.07, 6.45) is -0.860. The molecule has 0 aliphatic rings. The maximum absolute atomic E-state index is 11.7. The van der Waals surface area contributed by atoms with Gasteiger partial charge in [0.15, 0.2) is 0 Å². The Bertz CT molecular complexity index is 630. The molecule has 1 amide bonds. The number of hydrogen-bond donors (Lipinski definition) is 2. The summed E-state index contributed by atoms with van der Waals surface area (Å²) in [6.45, 7) is 2.80. The second-order valence-corrected chi connectivity index (χ2v) is 5.34. The van der Waals surface area contributed by atoms with E-state index in [4.69, 9.17) is 9.47 Å². The lowest BCUT2D eigenvalue weighted by Crippen LogP contribution is -2.33. The molecule has 0 bridgehead atoms. The Morgan fingerprint density at radius 2 is 1.83 bits per heavy atom. The zero-order valence-electron chi connectivity index (χ0n) is 13.8. The Kier molecular flexibility index (Phi) is 7.11. The molecule has 5 heteroatoms. The average molecular weight is 329 g/mol. The summed E-state index contributed by atoms with van der Waals surface area (Å²) in [6, 6.07) is 17.0. The maximum atomic E-state index is 11.7. The van der Waals surface area contributed by atoms with Crippen LogP contribution in [0.3, 0.4) is 0 Å². The molecule has 24 heavy (non-hydrogen) atoms. The van der Waals surface area contributed by atoms with Crippen molar-refractivity contribution < 1.29 is 19.4 Å². The Morgan fingerprint density at radius 3 is 2.58 bits per heavy atom. The van der Waals surface area contributed by atoms with Crippen molar-refractivity contribution in [3.05, 3.63) is 65.7 Å². The van der Waals surface area contributed by atoms with Gasteiger partial charge in [0.05, 0.1) is 12.7 Å². The van der Waals surface area contributed by atoms with E-state index in [1.807, 2.05) is 61.5 Å². The summed E-state index contributed by atoms with van der Waals surface area (Å²) in [5, 5.41) is 12.7. The highest BCUT2D eigenvalue weighted by Gasteiger charge is 2.12. The van der Waals surface area contributed by atoms with Crippen LogP contribution in [-0.2, 0) is 17.8 Å². The first-order valence-corrected chi connectivity index (χ1v) is 8.02. The van der Waals surface area contributed by atoms with Gasteiger partial charge in [0.2, 0.25) is 0 Å². The molecule has 0 saturated heterocycles. The van der Waals surface area contributed by atoms with Gasteiger partial charge in [0.25, 0.3) is 0 Å². The number of nitrogens with one attached hydrogen (secondary N) is 1. The van der Waals surface area contributed by atoms with Gasteiger partial charge in [-0.05, 0) is 24.1 Å². The summed E-state index contributed by atoms with van der Waals surface area (Å²) in [5.41, 5.74) is 1.82. The lowest BCUT2D eigenvalue weighted by molar-refractivity contribution is 0.125. The molecule has 2 aromatic carbocycles. The third-order valence-electron chi connectivity index (χ3n) is 3.42. The highest BCUT2D eigenvalue weighted by Crippen LogP contribution is 2.19. The van der Waals surface area contributed by atoms with Crippen molar-refractivity contribution >= 4 is 6.09 Å². The Balaban J connectivity index is 1.74. The molecule has 0 fully saturated rings. The minimum Gasteiger partial charge on any atom is -0.494 e. The van der Waals surface area contributed by atoms with Gasteiger partial charge < -0.3 is 19.9 Å². The van der Waals surface area contributed by atoms with Crippen LogP contribution in [0.1, 0.15) is 18.1 Å². The molecule has 1 unspecified atom stereocenters. The van der Waals surface area contributed by atoms with Crippen molar-refractivity contribution in [1.82, 2.24) is 5.32 Å². The third-order valence-corrected chi connectivity index (χ3v) is 3.42. The molecular formula is C19H23NO4. The minimum absolute atomic E-state index is 0.119. The number of aliphatic hydroxyl groups is 1. The number of ether oxygens (including phenoxy) is 2. The molecule has 0 aliphatic carbocycles. The lowest BCUT2D eigenvalue weighted by Gasteiger charge is -2.15. The van der Waals surface area contributed by atoms with E-state index in [2.05, 4.69) is 5.32 Å². The van der Waals surface area contributed by atoms with Crippen molar-refractivity contribution in [3.8, 4) is 5.75 Å². The molecule has 0 radical (unpaired) electrons. The summed E-state index contributed by atoms with van der Waals surface area (Å²) < 4.78 is 10.6. The van der Waals surface area contributed by atoms with Crippen LogP contribution in [0.25, 0.3) is 0 Å². The molecule has 1 atom stereocenters. The summed E-state index contributed by atoms with van der Waals surface area (Å²) >= 11 is 0. The van der Waals surface area contributed by atoms with Gasteiger partial charge in [-0.15, -0.1) is 0 Å². The van der Waals surface area contributed by atoms with Crippen molar-refractivity contribution in [2.75, 3.05) is 13.2 Å². The van der Waals surface area contributed by atoms with Gasteiger partial charge in [-0.2, -0.15) is 0 Å². The predicted octanol–water partition coefficient (Wildman–Crippen LogP) is 2.92. The van der Waals surface area contributed by atoms with E-state index in [-0.39, 0.29) is 13.2 Å². The number of amides is 1. The van der Waals surface area contributed by atoms with E-state index in [9.17, 15) is 9.90 Å².